The van der Waals surface area contributed by atoms with Crippen LogP contribution in [-0.2, 0) is 14.3 Å². The van der Waals surface area contributed by atoms with Gasteiger partial charge >= 0.3 is 244 Å². The molecule has 10 nitrogen and oxygen atoms in total. The van der Waals surface area contributed by atoms with E-state index in [9.17, 15) is 41.1 Å². The molecule has 0 aliphatic carbocycles. The number of nitrogens with zero attached hydrogens (tertiary/aromatic N) is 4. The number of carboxylic acids is 1. The monoisotopic (exact) mass is 738 g/mol. The van der Waals surface area contributed by atoms with Crippen LogP contribution in [0.1, 0.15) is 34.1 Å². The average molecular weight is 738 g/mol. The Morgan fingerprint density at radius 2 is 1.76 bits per heavy atom. The van der Waals surface area contributed by atoms with E-state index in [-0.39, 0.29) is 27.5 Å². The van der Waals surface area contributed by atoms with Crippen LogP contribution in [0.15, 0.2) is 42.6 Å². The molecule has 0 unspecified atom stereocenters. The minimum absolute atomic E-state index is 0.00913. The number of carbonyl (C=O) groups is 4. The predicted molar refractivity (Wildman–Crippen MR) is 160 cm³/mol. The molecular weight excluding hydrogens is 710 g/mol. The Labute approximate surface area is 271 Å². The van der Waals surface area contributed by atoms with Crippen LogP contribution >= 0.6 is 11.6 Å². The zero-order chi connectivity index (χ0) is 34.7. The number of halogens is 6. The van der Waals surface area contributed by atoms with Gasteiger partial charge in [0, 0.05) is 6.42 Å². The van der Waals surface area contributed by atoms with Gasteiger partial charge in [0.05, 0.1) is 0 Å². The number of aliphatic carboxylic acids is 1. The normalized spacial score (nSPS) is 15.0. The van der Waals surface area contributed by atoms with Crippen molar-refractivity contribution >= 4 is 77.3 Å². The van der Waals surface area contributed by atoms with Crippen LogP contribution in [0.3, 0.4) is 0 Å². The summed E-state index contributed by atoms with van der Waals surface area (Å²) in [4.78, 5) is 56.0. The van der Waals surface area contributed by atoms with Crippen LogP contribution in [0.2, 0.25) is 5.02 Å². The molecular formula is C29H28ClF5N4O6Se. The first-order chi connectivity index (χ1) is 21.3. The molecule has 17 heteroatoms. The molecule has 1 fully saturated rings. The fourth-order valence-electron chi connectivity index (χ4n) is 4.13. The van der Waals surface area contributed by atoms with E-state index in [0.29, 0.717) is 4.90 Å². The summed E-state index contributed by atoms with van der Waals surface area (Å²) in [5, 5.41) is 2.50. The van der Waals surface area contributed by atoms with Crippen LogP contribution in [-0.4, -0.2) is 84.3 Å². The first kappa shape index (κ1) is 36.5. The average Bonchev–Trinajstić information content (AvgIpc) is 3.31. The van der Waals surface area contributed by atoms with Crippen molar-refractivity contribution in [2.75, 3.05) is 23.4 Å². The number of imide groups is 1. The Morgan fingerprint density at radius 1 is 1.13 bits per heavy atom. The van der Waals surface area contributed by atoms with Crippen molar-refractivity contribution in [3.05, 3.63) is 59.3 Å². The molecule has 2 aromatic carbocycles. The molecule has 0 radical (unpaired) electrons. The quantitative estimate of drug-likeness (QED) is 0.203. The van der Waals surface area contributed by atoms with Crippen LogP contribution in [0.25, 0.3) is 10.9 Å². The molecule has 248 valence electrons. The van der Waals surface area contributed by atoms with E-state index in [1.54, 1.807) is 27.7 Å². The number of pyridine rings is 1. The van der Waals surface area contributed by atoms with Gasteiger partial charge in [0.2, 0.25) is 0 Å². The molecule has 4 rings (SSSR count). The van der Waals surface area contributed by atoms with Gasteiger partial charge in [-0.25, -0.2) is 4.39 Å². The molecule has 0 saturated carbocycles. The summed E-state index contributed by atoms with van der Waals surface area (Å²) >= 11 is 3.73. The summed E-state index contributed by atoms with van der Waals surface area (Å²) in [7, 11) is 1.17. The van der Waals surface area contributed by atoms with Crippen molar-refractivity contribution in [3.63, 3.8) is 0 Å². The van der Waals surface area contributed by atoms with Crippen molar-refractivity contribution < 1.29 is 51.0 Å². The SMILES string of the molecule is CCC(=O)O.CN(C(=O)[C@@H]1CN(C(=O)OC(C)(C)C)C(=O)N1c1ccc2nccc([Se]C(F)(F)F)c2c1)c1ccc(F)c(Cl)c1F. The number of alkyl halides is 3. The summed E-state index contributed by atoms with van der Waals surface area (Å²) in [5.41, 5.74) is -1.19. The predicted octanol–water partition coefficient (Wildman–Crippen LogP) is 5.71. The first-order valence-electron chi connectivity index (χ1n) is 13.4. The van der Waals surface area contributed by atoms with Crippen LogP contribution in [0.4, 0.5) is 42.9 Å². The molecule has 4 amide bonds. The summed E-state index contributed by atoms with van der Waals surface area (Å²) in [6.45, 7) is 5.78. The molecule has 2 heterocycles. The van der Waals surface area contributed by atoms with Crippen LogP contribution in [0.5, 0.6) is 0 Å². The van der Waals surface area contributed by atoms with Gasteiger partial charge in [-0.3, -0.25) is 4.79 Å². The number of urea groups is 1. The number of ether oxygens (including phenoxy) is 1. The number of carboxylic acid groups (broad SMARTS) is 1. The number of carbonyl (C=O) groups excluding carboxylic acids is 3. The van der Waals surface area contributed by atoms with E-state index in [0.717, 1.165) is 21.9 Å². The summed E-state index contributed by atoms with van der Waals surface area (Å²) in [6, 6.07) is 4.63. The number of rotatable bonds is 5. The Kier molecular flexibility index (Phi) is 11.2. The van der Waals surface area contributed by atoms with Gasteiger partial charge in [-0.1, -0.05) is 6.92 Å². The molecule has 0 bridgehead atoms. The number of benzene rings is 2. The van der Waals surface area contributed by atoms with E-state index in [2.05, 4.69) is 4.98 Å². The van der Waals surface area contributed by atoms with Crippen LogP contribution in [0, 0.1) is 11.6 Å². The van der Waals surface area contributed by atoms with Gasteiger partial charge in [-0.2, -0.15) is 0 Å². The third-order valence-corrected chi connectivity index (χ3v) is 8.24. The number of hydrogen-bond donors (Lipinski definition) is 1. The number of amides is 4. The fourth-order valence-corrected chi connectivity index (χ4v) is 5.66. The Bertz CT molecular complexity index is 1670. The molecule has 1 saturated heterocycles. The Balaban J connectivity index is 0.00000107. The maximum absolute atomic E-state index is 14.8. The molecule has 0 spiro atoms. The van der Waals surface area contributed by atoms with Crippen molar-refractivity contribution in [3.8, 4) is 0 Å². The van der Waals surface area contributed by atoms with Crippen molar-refractivity contribution in [1.29, 1.82) is 0 Å². The van der Waals surface area contributed by atoms with Crippen LogP contribution < -0.4 is 14.3 Å². The molecule has 3 aromatic rings. The molecule has 1 N–H and O–H groups in total. The van der Waals surface area contributed by atoms with Gasteiger partial charge in [-0.15, -0.1) is 0 Å². The molecule has 1 aliphatic heterocycles. The first-order valence-corrected chi connectivity index (χ1v) is 15.5. The van der Waals surface area contributed by atoms with E-state index in [1.165, 1.54) is 37.5 Å². The van der Waals surface area contributed by atoms with Crippen molar-refractivity contribution in [1.82, 2.24) is 9.88 Å². The second-order valence-corrected chi connectivity index (χ2v) is 13.4. The molecule has 1 aliphatic rings. The van der Waals surface area contributed by atoms with Gasteiger partial charge in [-0.05, 0) is 0 Å². The summed E-state index contributed by atoms with van der Waals surface area (Å²) < 4.78 is 73.6. The summed E-state index contributed by atoms with van der Waals surface area (Å²) in [5.74, 6) is -3.91. The van der Waals surface area contributed by atoms with Gasteiger partial charge in [0.1, 0.15) is 0 Å². The van der Waals surface area contributed by atoms with Crippen molar-refractivity contribution in [2.45, 2.75) is 50.8 Å². The fraction of sp³-hybridized carbons (Fsp3) is 0.345. The molecule has 1 aromatic heterocycles. The third-order valence-electron chi connectivity index (χ3n) is 6.20. The zero-order valence-corrected chi connectivity index (χ0v) is 27.5. The van der Waals surface area contributed by atoms with E-state index < -0.39 is 84.6 Å². The second kappa shape index (κ2) is 14.2. The molecule has 1 atom stereocenters. The van der Waals surface area contributed by atoms with Gasteiger partial charge in [0.15, 0.2) is 0 Å². The number of likely N-dealkylation sites (N-methyl/N-ethyl adjacent to an activating group) is 1. The number of fused-ring (bicyclic) bond motifs is 1. The van der Waals surface area contributed by atoms with E-state index >= 15 is 0 Å². The standard InChI is InChI=1S/C26H22ClF5N4O4Se.C3H6O2/c1-25(2,3)40-24(39)35-12-18(22(37)34(4)17-8-6-15(28)20(27)21(17)29)36(23(35)38)13-5-7-16-14(11-13)19(9-10-33-16)41-26(30,31)32;1-2-3(4)5/h5-11,18H,12H2,1-4H3;2H2,1H3,(H,4,5)/t18-;/m0./s1. The third kappa shape index (κ3) is 8.62. The van der Waals surface area contributed by atoms with E-state index in [4.69, 9.17) is 21.4 Å². The second-order valence-electron chi connectivity index (χ2n) is 10.7. The molecule has 46 heavy (non-hydrogen) atoms. The Hall–Kier alpha value is -4.01. The summed E-state index contributed by atoms with van der Waals surface area (Å²) in [6.07, 6.45) is 0.393. The zero-order valence-electron chi connectivity index (χ0n) is 25.0. The van der Waals surface area contributed by atoms with Gasteiger partial charge in [0.25, 0.3) is 0 Å². The number of aromatic nitrogens is 1. The van der Waals surface area contributed by atoms with E-state index in [1.807, 2.05) is 0 Å². The number of anilines is 2. The maximum atomic E-state index is 14.8. The van der Waals surface area contributed by atoms with Crippen molar-refractivity contribution in [2.24, 2.45) is 0 Å². The Morgan fingerprint density at radius 3 is 2.33 bits per heavy atom. The van der Waals surface area contributed by atoms with Gasteiger partial charge < -0.3 is 5.11 Å². The minimum atomic E-state index is -4.48. The topological polar surface area (TPSA) is 120 Å². The number of hydrogen-bond acceptors (Lipinski definition) is 6.